The maximum atomic E-state index is 13.6. The van der Waals surface area contributed by atoms with Gasteiger partial charge in [0.05, 0.1) is 0 Å². The Balaban J connectivity index is 1.43. The molecule has 4 amide bonds. The van der Waals surface area contributed by atoms with Crippen LogP contribution in [0, 0.1) is 5.92 Å². The van der Waals surface area contributed by atoms with Gasteiger partial charge in [-0.05, 0) is 49.6 Å². The molecule has 2 aromatic rings. The number of aryl methyl sites for hydroxylation is 1. The van der Waals surface area contributed by atoms with Crippen LogP contribution in [0.4, 0.5) is 5.69 Å². The molecule has 0 bridgehead atoms. The Bertz CT molecular complexity index is 1210. The highest BCUT2D eigenvalue weighted by Gasteiger charge is 2.32. The number of aromatic nitrogens is 2. The van der Waals surface area contributed by atoms with Crippen LogP contribution in [0.1, 0.15) is 67.9 Å². The lowest BCUT2D eigenvalue weighted by atomic mass is 9.91. The highest BCUT2D eigenvalue weighted by Crippen LogP contribution is 2.27. The summed E-state index contributed by atoms with van der Waals surface area (Å²) in [6.45, 7) is 4.65. The number of amides is 4. The Morgan fingerprint density at radius 3 is 2.17 bits per heavy atom. The standard InChI is InChI=1S/C31H45N7O4/c1-4-27(39)34-25(31(42)38-19-17-36(2)18-20-38)21-22-11-13-24(14-12-22)33-30(41)28(23-9-7-5-6-8-10-23)35-29(40)26-15-16-32-37(26)3/h11-16,23,25,28H,4-10,17-21H2,1-3H3,(H,33,41)(H,34,39)(H,35,40)/t25-,28?/m1/s1. The summed E-state index contributed by atoms with van der Waals surface area (Å²) in [5.74, 6) is -0.752. The van der Waals surface area contributed by atoms with E-state index in [0.29, 0.717) is 37.3 Å². The summed E-state index contributed by atoms with van der Waals surface area (Å²) in [7, 11) is 3.74. The van der Waals surface area contributed by atoms with E-state index in [9.17, 15) is 19.2 Å². The first kappa shape index (κ1) is 31.2. The molecule has 3 N–H and O–H groups in total. The average molecular weight is 580 g/mol. The second-order valence-electron chi connectivity index (χ2n) is 11.5. The van der Waals surface area contributed by atoms with E-state index in [-0.39, 0.29) is 29.5 Å². The molecule has 1 aliphatic heterocycles. The van der Waals surface area contributed by atoms with Crippen LogP contribution in [0.15, 0.2) is 36.5 Å². The lowest BCUT2D eigenvalue weighted by Crippen LogP contribution is -2.54. The average Bonchev–Trinajstić information content (AvgIpc) is 3.24. The number of nitrogens with zero attached hydrogens (tertiary/aromatic N) is 4. The highest BCUT2D eigenvalue weighted by atomic mass is 16.2. The normalized spacial score (nSPS) is 18.0. The lowest BCUT2D eigenvalue weighted by Gasteiger charge is -2.34. The van der Waals surface area contributed by atoms with Gasteiger partial charge in [0.2, 0.25) is 17.7 Å². The number of rotatable bonds is 10. The van der Waals surface area contributed by atoms with E-state index in [1.807, 2.05) is 24.1 Å². The number of piperazine rings is 1. The van der Waals surface area contributed by atoms with E-state index in [0.717, 1.165) is 57.2 Å². The first-order valence-electron chi connectivity index (χ1n) is 15.2. The van der Waals surface area contributed by atoms with Gasteiger partial charge in [-0.15, -0.1) is 0 Å². The van der Waals surface area contributed by atoms with Gasteiger partial charge in [-0.3, -0.25) is 23.9 Å². The second-order valence-corrected chi connectivity index (χ2v) is 11.5. The molecule has 2 atom stereocenters. The molecule has 1 aromatic heterocycles. The summed E-state index contributed by atoms with van der Waals surface area (Å²) in [5, 5.41) is 13.0. The van der Waals surface area contributed by atoms with Crippen molar-refractivity contribution >= 4 is 29.3 Å². The molecule has 2 heterocycles. The van der Waals surface area contributed by atoms with E-state index in [1.54, 1.807) is 38.4 Å². The number of nitrogens with one attached hydrogen (secondary N) is 3. The monoisotopic (exact) mass is 579 g/mol. The molecular formula is C31H45N7O4. The Morgan fingerprint density at radius 1 is 0.905 bits per heavy atom. The highest BCUT2D eigenvalue weighted by molar-refractivity contribution is 6.00. The first-order chi connectivity index (χ1) is 20.2. The van der Waals surface area contributed by atoms with Crippen LogP contribution in [0.2, 0.25) is 0 Å². The topological polar surface area (TPSA) is 129 Å². The van der Waals surface area contributed by atoms with Gasteiger partial charge in [-0.1, -0.05) is 44.7 Å². The third kappa shape index (κ3) is 8.40. The van der Waals surface area contributed by atoms with Crippen molar-refractivity contribution in [2.24, 2.45) is 13.0 Å². The molecule has 1 aliphatic carbocycles. The van der Waals surface area contributed by atoms with Crippen molar-refractivity contribution in [2.75, 3.05) is 38.5 Å². The zero-order valence-corrected chi connectivity index (χ0v) is 25.1. The molecule has 11 nitrogen and oxygen atoms in total. The third-order valence-corrected chi connectivity index (χ3v) is 8.42. The fourth-order valence-corrected chi connectivity index (χ4v) is 5.78. The molecule has 2 aliphatic rings. The summed E-state index contributed by atoms with van der Waals surface area (Å²) in [5.41, 5.74) is 1.89. The predicted octanol–water partition coefficient (Wildman–Crippen LogP) is 2.34. The van der Waals surface area contributed by atoms with Gasteiger partial charge in [0.15, 0.2) is 0 Å². The Morgan fingerprint density at radius 2 is 1.57 bits per heavy atom. The van der Waals surface area contributed by atoms with Crippen LogP contribution < -0.4 is 16.0 Å². The van der Waals surface area contributed by atoms with E-state index < -0.39 is 12.1 Å². The summed E-state index contributed by atoms with van der Waals surface area (Å²) < 4.78 is 1.50. The Kier molecular flexibility index (Phi) is 11.1. The van der Waals surface area contributed by atoms with Gasteiger partial charge in [-0.25, -0.2) is 0 Å². The van der Waals surface area contributed by atoms with Crippen molar-refractivity contribution in [3.8, 4) is 0 Å². The van der Waals surface area contributed by atoms with Crippen molar-refractivity contribution < 1.29 is 19.2 Å². The number of hydrogen-bond donors (Lipinski definition) is 3. The molecular weight excluding hydrogens is 534 g/mol. The molecule has 1 unspecified atom stereocenters. The molecule has 1 aromatic carbocycles. The number of carbonyl (C=O) groups excluding carboxylic acids is 4. The quantitative estimate of drug-likeness (QED) is 0.371. The van der Waals surface area contributed by atoms with Gasteiger partial charge in [0, 0.05) is 58.0 Å². The van der Waals surface area contributed by atoms with Crippen molar-refractivity contribution in [1.82, 2.24) is 30.2 Å². The minimum Gasteiger partial charge on any atom is -0.344 e. The van der Waals surface area contributed by atoms with Gasteiger partial charge < -0.3 is 25.8 Å². The van der Waals surface area contributed by atoms with Crippen LogP contribution >= 0.6 is 0 Å². The third-order valence-electron chi connectivity index (χ3n) is 8.42. The molecule has 1 saturated carbocycles. The first-order valence-corrected chi connectivity index (χ1v) is 15.2. The lowest BCUT2D eigenvalue weighted by molar-refractivity contribution is -0.137. The molecule has 2 fully saturated rings. The SMILES string of the molecule is CCC(=O)N[C@H](Cc1ccc(NC(=O)C(NC(=O)c2ccnn2C)C2CCCCCC2)cc1)C(=O)N1CCN(C)CC1. The molecule has 228 valence electrons. The molecule has 0 spiro atoms. The molecule has 4 rings (SSSR count). The minimum atomic E-state index is -0.667. The van der Waals surface area contributed by atoms with Gasteiger partial charge in [-0.2, -0.15) is 5.10 Å². The van der Waals surface area contributed by atoms with E-state index in [1.165, 1.54) is 4.68 Å². The number of anilines is 1. The summed E-state index contributed by atoms with van der Waals surface area (Å²) >= 11 is 0. The largest absolute Gasteiger partial charge is 0.344 e. The second kappa shape index (κ2) is 14.9. The summed E-state index contributed by atoms with van der Waals surface area (Å²) in [6, 6.07) is 7.67. The van der Waals surface area contributed by atoms with Crippen LogP contribution in [0.25, 0.3) is 0 Å². The van der Waals surface area contributed by atoms with Crippen LogP contribution in [-0.4, -0.2) is 88.5 Å². The molecule has 0 radical (unpaired) electrons. The summed E-state index contributed by atoms with van der Waals surface area (Å²) in [6.07, 6.45) is 8.34. The van der Waals surface area contributed by atoms with Crippen LogP contribution in [0.3, 0.4) is 0 Å². The van der Waals surface area contributed by atoms with Crippen LogP contribution in [-0.2, 0) is 27.9 Å². The van der Waals surface area contributed by atoms with Gasteiger partial charge in [0.1, 0.15) is 17.8 Å². The van der Waals surface area contributed by atoms with Crippen molar-refractivity contribution in [3.63, 3.8) is 0 Å². The number of benzene rings is 1. The summed E-state index contributed by atoms with van der Waals surface area (Å²) in [4.78, 5) is 56.2. The Hall–Kier alpha value is -3.73. The van der Waals surface area contributed by atoms with E-state index >= 15 is 0 Å². The van der Waals surface area contributed by atoms with E-state index in [2.05, 4.69) is 25.9 Å². The molecule has 42 heavy (non-hydrogen) atoms. The molecule has 11 heteroatoms. The van der Waals surface area contributed by atoms with Crippen LogP contribution in [0.5, 0.6) is 0 Å². The zero-order chi connectivity index (χ0) is 30.1. The van der Waals surface area contributed by atoms with Gasteiger partial charge in [0.25, 0.3) is 5.91 Å². The Labute approximate surface area is 248 Å². The molecule has 1 saturated heterocycles. The fraction of sp³-hybridized carbons (Fsp3) is 0.581. The zero-order valence-electron chi connectivity index (χ0n) is 25.1. The van der Waals surface area contributed by atoms with E-state index in [4.69, 9.17) is 0 Å². The number of likely N-dealkylation sites (N-methyl/N-ethyl adjacent to an activating group) is 1. The predicted molar refractivity (Wildman–Crippen MR) is 161 cm³/mol. The smallest absolute Gasteiger partial charge is 0.270 e. The number of carbonyl (C=O) groups is 4. The van der Waals surface area contributed by atoms with Crippen molar-refractivity contribution in [2.45, 2.75) is 70.4 Å². The van der Waals surface area contributed by atoms with Crippen molar-refractivity contribution in [3.05, 3.63) is 47.8 Å². The number of hydrogen-bond acceptors (Lipinski definition) is 6. The van der Waals surface area contributed by atoms with Gasteiger partial charge >= 0.3 is 0 Å². The fourth-order valence-electron chi connectivity index (χ4n) is 5.78. The maximum Gasteiger partial charge on any atom is 0.270 e. The maximum absolute atomic E-state index is 13.6. The van der Waals surface area contributed by atoms with Crippen molar-refractivity contribution in [1.29, 1.82) is 0 Å². The minimum absolute atomic E-state index is 0.0486.